The molecule has 0 saturated carbocycles. The molecular formula is C27H20BrFN2O3. The third-order valence-electron chi connectivity index (χ3n) is 5.51. The van der Waals surface area contributed by atoms with Crippen molar-refractivity contribution in [3.8, 4) is 11.8 Å². The van der Waals surface area contributed by atoms with Gasteiger partial charge in [-0.15, -0.1) is 0 Å². The second-order valence-electron chi connectivity index (χ2n) is 7.83. The first kappa shape index (κ1) is 22.1. The van der Waals surface area contributed by atoms with Crippen molar-refractivity contribution in [1.29, 1.82) is 0 Å². The van der Waals surface area contributed by atoms with Gasteiger partial charge in [-0.3, -0.25) is 9.69 Å². The Labute approximate surface area is 204 Å². The van der Waals surface area contributed by atoms with Crippen molar-refractivity contribution in [2.24, 2.45) is 0 Å². The maximum absolute atomic E-state index is 13.9. The van der Waals surface area contributed by atoms with Crippen molar-refractivity contribution in [1.82, 2.24) is 4.98 Å². The summed E-state index contributed by atoms with van der Waals surface area (Å²) in [7, 11) is 0. The topological polar surface area (TPSA) is 51.7 Å². The molecule has 34 heavy (non-hydrogen) atoms. The Bertz CT molecular complexity index is 1330. The number of fused-ring (bicyclic) bond motifs is 1. The lowest BCUT2D eigenvalue weighted by atomic mass is 10.1. The molecule has 0 spiro atoms. The summed E-state index contributed by atoms with van der Waals surface area (Å²) >= 11 is 3.37. The van der Waals surface area contributed by atoms with Crippen LogP contribution in [0.25, 0.3) is 0 Å². The van der Waals surface area contributed by atoms with Gasteiger partial charge in [-0.05, 0) is 34.9 Å². The van der Waals surface area contributed by atoms with Crippen LogP contribution in [0, 0.1) is 5.82 Å². The Balaban J connectivity index is 1.44. The van der Waals surface area contributed by atoms with Gasteiger partial charge in [0.25, 0.3) is 5.91 Å². The quantitative estimate of drug-likeness (QED) is 0.288. The molecule has 1 aliphatic heterocycles. The van der Waals surface area contributed by atoms with E-state index in [1.54, 1.807) is 17.0 Å². The molecule has 0 atom stereocenters. The van der Waals surface area contributed by atoms with Crippen molar-refractivity contribution in [2.75, 3.05) is 4.90 Å². The van der Waals surface area contributed by atoms with Crippen LogP contribution in [0.1, 0.15) is 27.0 Å². The van der Waals surface area contributed by atoms with E-state index in [-0.39, 0.29) is 24.9 Å². The summed E-state index contributed by atoms with van der Waals surface area (Å²) in [5, 5.41) is 0. The van der Waals surface area contributed by atoms with Gasteiger partial charge < -0.3 is 9.47 Å². The predicted octanol–water partition coefficient (Wildman–Crippen LogP) is 6.30. The van der Waals surface area contributed by atoms with Crippen LogP contribution in [0.15, 0.2) is 89.4 Å². The van der Waals surface area contributed by atoms with E-state index in [1.165, 1.54) is 12.1 Å². The average Bonchev–Trinajstić information content (AvgIpc) is 3.19. The summed E-state index contributed by atoms with van der Waals surface area (Å²) in [5.41, 5.74) is 3.52. The highest BCUT2D eigenvalue weighted by Crippen LogP contribution is 2.38. The number of anilines is 1. The fourth-order valence-corrected chi connectivity index (χ4v) is 4.35. The molecule has 0 aliphatic carbocycles. The van der Waals surface area contributed by atoms with Crippen LogP contribution < -0.4 is 14.4 Å². The van der Waals surface area contributed by atoms with Crippen molar-refractivity contribution in [3.63, 3.8) is 0 Å². The van der Waals surface area contributed by atoms with Crippen LogP contribution in [0.4, 0.5) is 10.1 Å². The smallest absolute Gasteiger partial charge is 0.259 e. The second kappa shape index (κ2) is 9.65. The van der Waals surface area contributed by atoms with Crippen LogP contribution in [0.5, 0.6) is 11.8 Å². The third kappa shape index (κ3) is 4.65. The van der Waals surface area contributed by atoms with Crippen LogP contribution in [0.2, 0.25) is 0 Å². The normalized spacial score (nSPS) is 12.5. The monoisotopic (exact) mass is 518 g/mol. The van der Waals surface area contributed by atoms with Crippen molar-refractivity contribution < 1.29 is 18.7 Å². The van der Waals surface area contributed by atoms with Crippen LogP contribution in [-0.2, 0) is 19.8 Å². The van der Waals surface area contributed by atoms with Gasteiger partial charge in [0.15, 0.2) is 0 Å². The number of nitrogens with zero attached hydrogens (tertiary/aromatic N) is 2. The molecule has 0 radical (unpaired) electrons. The van der Waals surface area contributed by atoms with E-state index in [9.17, 15) is 9.18 Å². The third-order valence-corrected chi connectivity index (χ3v) is 6.21. The zero-order valence-electron chi connectivity index (χ0n) is 18.1. The number of hydrogen-bond acceptors (Lipinski definition) is 4. The van der Waals surface area contributed by atoms with E-state index in [0.29, 0.717) is 28.2 Å². The van der Waals surface area contributed by atoms with Gasteiger partial charge in [-0.25, -0.2) is 4.39 Å². The fourth-order valence-electron chi connectivity index (χ4n) is 3.79. The number of hydrogen-bond donors (Lipinski definition) is 0. The van der Waals surface area contributed by atoms with E-state index >= 15 is 0 Å². The highest BCUT2D eigenvalue weighted by molar-refractivity contribution is 9.10. The lowest BCUT2D eigenvalue weighted by Gasteiger charge is -2.20. The first-order chi connectivity index (χ1) is 16.6. The van der Waals surface area contributed by atoms with Gasteiger partial charge in [-0.2, -0.15) is 4.98 Å². The molecule has 7 heteroatoms. The van der Waals surface area contributed by atoms with Gasteiger partial charge >= 0.3 is 0 Å². The zero-order chi connectivity index (χ0) is 23.5. The number of ether oxygens (including phenoxy) is 2. The van der Waals surface area contributed by atoms with Crippen LogP contribution in [-0.4, -0.2) is 10.9 Å². The first-order valence-electron chi connectivity index (χ1n) is 10.7. The van der Waals surface area contributed by atoms with Gasteiger partial charge in [0.2, 0.25) is 11.8 Å². The van der Waals surface area contributed by atoms with E-state index in [0.717, 1.165) is 16.7 Å². The minimum Gasteiger partial charge on any atom is -0.473 e. The highest BCUT2D eigenvalue weighted by atomic mass is 79.9. The molecule has 1 aliphatic rings. The summed E-state index contributed by atoms with van der Waals surface area (Å²) in [6, 6.07) is 25.6. The molecule has 170 valence electrons. The Kier molecular flexibility index (Phi) is 6.27. The Morgan fingerprint density at radius 2 is 1.53 bits per heavy atom. The molecule has 5 rings (SSSR count). The van der Waals surface area contributed by atoms with Crippen molar-refractivity contribution >= 4 is 27.5 Å². The standard InChI is InChI=1S/C27H20BrFN2O3/c28-23-14-20(29)13-21-22(23)15-31(27(21)32)24-11-12-25(33-16-18-7-3-1-4-8-18)30-26(24)34-17-19-9-5-2-6-10-19/h1-14H,15-17H2. The first-order valence-corrected chi connectivity index (χ1v) is 11.5. The van der Waals surface area contributed by atoms with Gasteiger partial charge in [-0.1, -0.05) is 76.6 Å². The van der Waals surface area contributed by atoms with E-state index < -0.39 is 5.82 Å². The molecule has 0 N–H and O–H groups in total. The maximum Gasteiger partial charge on any atom is 0.259 e. The van der Waals surface area contributed by atoms with Gasteiger partial charge in [0.05, 0.1) is 6.54 Å². The summed E-state index contributed by atoms with van der Waals surface area (Å²) < 4.78 is 26.4. The molecule has 1 amide bonds. The Morgan fingerprint density at radius 1 is 0.882 bits per heavy atom. The molecule has 0 unspecified atom stereocenters. The van der Waals surface area contributed by atoms with Gasteiger partial charge in [0.1, 0.15) is 24.7 Å². The molecular weight excluding hydrogens is 499 g/mol. The summed E-state index contributed by atoms with van der Waals surface area (Å²) in [4.78, 5) is 19.3. The zero-order valence-corrected chi connectivity index (χ0v) is 19.7. The summed E-state index contributed by atoms with van der Waals surface area (Å²) in [5.74, 6) is -0.122. The second-order valence-corrected chi connectivity index (χ2v) is 8.68. The van der Waals surface area contributed by atoms with Gasteiger partial charge in [0, 0.05) is 16.1 Å². The van der Waals surface area contributed by atoms with E-state index in [4.69, 9.17) is 9.47 Å². The molecule has 0 bridgehead atoms. The molecule has 1 aromatic heterocycles. The largest absolute Gasteiger partial charge is 0.473 e. The average molecular weight is 519 g/mol. The highest BCUT2D eigenvalue weighted by Gasteiger charge is 2.33. The van der Waals surface area contributed by atoms with Crippen LogP contribution >= 0.6 is 15.9 Å². The molecule has 2 heterocycles. The van der Waals surface area contributed by atoms with Crippen molar-refractivity contribution in [2.45, 2.75) is 19.8 Å². The molecule has 0 fully saturated rings. The lowest BCUT2D eigenvalue weighted by Crippen LogP contribution is -2.24. The van der Waals surface area contributed by atoms with Crippen molar-refractivity contribution in [3.05, 3.63) is 117 Å². The number of rotatable bonds is 7. The molecule has 5 nitrogen and oxygen atoms in total. The van der Waals surface area contributed by atoms with E-state index in [2.05, 4.69) is 20.9 Å². The predicted molar refractivity (Wildman–Crippen MR) is 130 cm³/mol. The lowest BCUT2D eigenvalue weighted by molar-refractivity contribution is 0.0995. The number of pyridine rings is 1. The fraction of sp³-hybridized carbons (Fsp3) is 0.111. The summed E-state index contributed by atoms with van der Waals surface area (Å²) in [6.45, 7) is 0.907. The number of aromatic nitrogens is 1. The maximum atomic E-state index is 13.9. The SMILES string of the molecule is O=C1c2cc(F)cc(Br)c2CN1c1ccc(OCc2ccccc2)nc1OCc1ccccc1. The molecule has 3 aromatic carbocycles. The molecule has 0 saturated heterocycles. The Hall–Kier alpha value is -3.71. The number of carbonyl (C=O) groups excluding carboxylic acids is 1. The minimum absolute atomic E-state index is 0.271. The summed E-state index contributed by atoms with van der Waals surface area (Å²) in [6.07, 6.45) is 0. The number of halogens is 2. The number of amides is 1. The molecule has 4 aromatic rings. The number of benzene rings is 3. The minimum atomic E-state index is -0.468. The number of carbonyl (C=O) groups is 1. The van der Waals surface area contributed by atoms with Crippen LogP contribution in [0.3, 0.4) is 0 Å². The van der Waals surface area contributed by atoms with E-state index in [1.807, 2.05) is 60.7 Å². The Morgan fingerprint density at radius 3 is 2.21 bits per heavy atom.